The molecule has 0 radical (unpaired) electrons. The number of halogens is 3. The maximum absolute atomic E-state index is 11.6. The standard InChI is InChI=1S/C9H17F3O2/c1-2-3-4-5-8(13)6-14-7-9(10,11)12/h8,13H,2-7H2,1H3. The molecule has 0 aliphatic rings. The van der Waals surface area contributed by atoms with Crippen molar-refractivity contribution in [3.05, 3.63) is 0 Å². The second kappa shape index (κ2) is 7.06. The minimum Gasteiger partial charge on any atom is -0.391 e. The molecule has 5 heteroatoms. The topological polar surface area (TPSA) is 29.5 Å². The molecule has 2 nitrogen and oxygen atoms in total. The molecule has 0 spiro atoms. The van der Waals surface area contributed by atoms with Crippen molar-refractivity contribution < 1.29 is 23.0 Å². The molecule has 0 aromatic heterocycles. The van der Waals surface area contributed by atoms with Crippen molar-refractivity contribution in [2.24, 2.45) is 0 Å². The lowest BCUT2D eigenvalue weighted by Crippen LogP contribution is -2.22. The van der Waals surface area contributed by atoms with E-state index in [0.29, 0.717) is 6.42 Å². The molecule has 0 bridgehead atoms. The quantitative estimate of drug-likeness (QED) is 0.660. The van der Waals surface area contributed by atoms with Crippen molar-refractivity contribution in [1.82, 2.24) is 0 Å². The van der Waals surface area contributed by atoms with Crippen LogP contribution in [0.5, 0.6) is 0 Å². The van der Waals surface area contributed by atoms with Gasteiger partial charge >= 0.3 is 6.18 Å². The van der Waals surface area contributed by atoms with Crippen LogP contribution in [0.4, 0.5) is 13.2 Å². The van der Waals surface area contributed by atoms with Gasteiger partial charge in [-0.3, -0.25) is 0 Å². The van der Waals surface area contributed by atoms with Gasteiger partial charge in [0.15, 0.2) is 0 Å². The number of hydrogen-bond acceptors (Lipinski definition) is 2. The first kappa shape index (κ1) is 13.7. The van der Waals surface area contributed by atoms with Gasteiger partial charge in [-0.05, 0) is 6.42 Å². The lowest BCUT2D eigenvalue weighted by molar-refractivity contribution is -0.179. The average molecular weight is 214 g/mol. The van der Waals surface area contributed by atoms with Crippen molar-refractivity contribution in [3.8, 4) is 0 Å². The van der Waals surface area contributed by atoms with E-state index in [1.165, 1.54) is 0 Å². The number of hydrogen-bond donors (Lipinski definition) is 1. The van der Waals surface area contributed by atoms with Crippen LogP contribution in [0.15, 0.2) is 0 Å². The summed E-state index contributed by atoms with van der Waals surface area (Å²) in [6, 6.07) is 0. The molecule has 0 saturated heterocycles. The smallest absolute Gasteiger partial charge is 0.391 e. The summed E-state index contributed by atoms with van der Waals surface area (Å²) in [5.41, 5.74) is 0. The number of rotatable bonds is 7. The first-order valence-electron chi connectivity index (χ1n) is 4.78. The van der Waals surface area contributed by atoms with Crippen LogP contribution in [0, 0.1) is 0 Å². The summed E-state index contributed by atoms with van der Waals surface area (Å²) in [7, 11) is 0. The maximum Gasteiger partial charge on any atom is 0.411 e. The van der Waals surface area contributed by atoms with Crippen LogP contribution in [0.25, 0.3) is 0 Å². The van der Waals surface area contributed by atoms with Crippen molar-refractivity contribution in [2.45, 2.75) is 44.9 Å². The highest BCUT2D eigenvalue weighted by Gasteiger charge is 2.27. The van der Waals surface area contributed by atoms with E-state index in [4.69, 9.17) is 0 Å². The third-order valence-electron chi connectivity index (χ3n) is 1.72. The Hall–Kier alpha value is -0.290. The van der Waals surface area contributed by atoms with Crippen LogP contribution >= 0.6 is 0 Å². The van der Waals surface area contributed by atoms with Gasteiger partial charge < -0.3 is 9.84 Å². The summed E-state index contributed by atoms with van der Waals surface area (Å²) in [6.45, 7) is 0.508. The number of unbranched alkanes of at least 4 members (excludes halogenated alkanes) is 2. The molecule has 0 amide bonds. The third kappa shape index (κ3) is 9.80. The lowest BCUT2D eigenvalue weighted by Gasteiger charge is -2.12. The maximum atomic E-state index is 11.6. The number of ether oxygens (including phenoxy) is 1. The third-order valence-corrected chi connectivity index (χ3v) is 1.72. The molecule has 1 unspecified atom stereocenters. The SMILES string of the molecule is CCCCCC(O)COCC(F)(F)F. The van der Waals surface area contributed by atoms with E-state index in [2.05, 4.69) is 4.74 Å². The van der Waals surface area contributed by atoms with Gasteiger partial charge in [0.05, 0.1) is 12.7 Å². The molecule has 0 saturated carbocycles. The molecule has 14 heavy (non-hydrogen) atoms. The van der Waals surface area contributed by atoms with Gasteiger partial charge in [-0.15, -0.1) is 0 Å². The van der Waals surface area contributed by atoms with Crippen LogP contribution in [0.3, 0.4) is 0 Å². The van der Waals surface area contributed by atoms with Crippen molar-refractivity contribution in [3.63, 3.8) is 0 Å². The fourth-order valence-corrected chi connectivity index (χ4v) is 1.02. The van der Waals surface area contributed by atoms with Crippen LogP contribution in [0.2, 0.25) is 0 Å². The van der Waals surface area contributed by atoms with E-state index in [0.717, 1.165) is 19.3 Å². The van der Waals surface area contributed by atoms with Crippen LogP contribution < -0.4 is 0 Å². The summed E-state index contributed by atoms with van der Waals surface area (Å²) in [5.74, 6) is 0. The Balaban J connectivity index is 3.31. The molecule has 0 aliphatic heterocycles. The predicted octanol–water partition coefficient (Wildman–Crippen LogP) is 2.51. The van der Waals surface area contributed by atoms with Crippen molar-refractivity contribution in [1.29, 1.82) is 0 Å². The molecule has 1 atom stereocenters. The first-order chi connectivity index (χ1) is 6.45. The zero-order chi connectivity index (χ0) is 11.0. The molecule has 0 fully saturated rings. The number of alkyl halides is 3. The molecule has 1 N–H and O–H groups in total. The number of aliphatic hydroxyl groups is 1. The minimum atomic E-state index is -4.30. The minimum absolute atomic E-state index is 0.233. The Morgan fingerprint density at radius 2 is 1.93 bits per heavy atom. The van der Waals surface area contributed by atoms with E-state index in [-0.39, 0.29) is 6.61 Å². The molecule has 0 aromatic carbocycles. The summed E-state index contributed by atoms with van der Waals surface area (Å²) in [6.07, 6.45) is -1.74. The Morgan fingerprint density at radius 1 is 1.29 bits per heavy atom. The zero-order valence-electron chi connectivity index (χ0n) is 8.31. The fraction of sp³-hybridized carbons (Fsp3) is 1.00. The highest BCUT2D eigenvalue weighted by Crippen LogP contribution is 2.14. The summed E-state index contributed by atoms with van der Waals surface area (Å²) in [4.78, 5) is 0. The summed E-state index contributed by atoms with van der Waals surface area (Å²) in [5, 5.41) is 9.18. The summed E-state index contributed by atoms with van der Waals surface area (Å²) < 4.78 is 39.1. The van der Waals surface area contributed by atoms with Crippen LogP contribution in [0.1, 0.15) is 32.6 Å². The first-order valence-corrected chi connectivity index (χ1v) is 4.78. The lowest BCUT2D eigenvalue weighted by atomic mass is 10.1. The van der Waals surface area contributed by atoms with Gasteiger partial charge in [-0.25, -0.2) is 0 Å². The van der Waals surface area contributed by atoms with Gasteiger partial charge in [0.25, 0.3) is 0 Å². The largest absolute Gasteiger partial charge is 0.411 e. The summed E-state index contributed by atoms with van der Waals surface area (Å²) >= 11 is 0. The Labute approximate surface area is 82.1 Å². The van der Waals surface area contributed by atoms with Crippen LogP contribution in [-0.4, -0.2) is 30.6 Å². The van der Waals surface area contributed by atoms with Gasteiger partial charge in [-0.1, -0.05) is 26.2 Å². The van der Waals surface area contributed by atoms with Gasteiger partial charge in [0, 0.05) is 0 Å². The second-order valence-corrected chi connectivity index (χ2v) is 3.28. The molecule has 86 valence electrons. The van der Waals surface area contributed by atoms with Gasteiger partial charge in [0.1, 0.15) is 6.61 Å². The average Bonchev–Trinajstić information content (AvgIpc) is 2.02. The highest BCUT2D eigenvalue weighted by atomic mass is 19.4. The Morgan fingerprint density at radius 3 is 2.43 bits per heavy atom. The monoisotopic (exact) mass is 214 g/mol. The molecular formula is C9H17F3O2. The van der Waals surface area contributed by atoms with Gasteiger partial charge in [-0.2, -0.15) is 13.2 Å². The van der Waals surface area contributed by atoms with Crippen molar-refractivity contribution in [2.75, 3.05) is 13.2 Å². The van der Waals surface area contributed by atoms with E-state index in [1.54, 1.807) is 0 Å². The second-order valence-electron chi connectivity index (χ2n) is 3.28. The normalized spacial score (nSPS) is 14.4. The molecule has 0 rings (SSSR count). The predicted molar refractivity (Wildman–Crippen MR) is 47.0 cm³/mol. The highest BCUT2D eigenvalue weighted by molar-refractivity contribution is 4.55. The number of aliphatic hydroxyl groups excluding tert-OH is 1. The Bertz CT molecular complexity index is 137. The zero-order valence-corrected chi connectivity index (χ0v) is 8.31. The molecule has 0 heterocycles. The molecular weight excluding hydrogens is 197 g/mol. The fourth-order valence-electron chi connectivity index (χ4n) is 1.02. The van der Waals surface area contributed by atoms with Crippen LogP contribution in [-0.2, 0) is 4.74 Å². The molecule has 0 aliphatic carbocycles. The van der Waals surface area contributed by atoms with Crippen molar-refractivity contribution >= 4 is 0 Å². The van der Waals surface area contributed by atoms with E-state index < -0.39 is 18.9 Å². The van der Waals surface area contributed by atoms with Gasteiger partial charge in [0.2, 0.25) is 0 Å². The van der Waals surface area contributed by atoms with E-state index >= 15 is 0 Å². The molecule has 0 aromatic rings. The van der Waals surface area contributed by atoms with E-state index in [9.17, 15) is 18.3 Å². The van der Waals surface area contributed by atoms with E-state index in [1.807, 2.05) is 6.92 Å². The Kier molecular flexibility index (Phi) is 6.92.